The number of non-ortho nitro benzene ring substituents is 1. The van der Waals surface area contributed by atoms with E-state index in [4.69, 9.17) is 0 Å². The van der Waals surface area contributed by atoms with Gasteiger partial charge in [0.05, 0.1) is 15.6 Å². The molecule has 0 spiro atoms. The molecule has 6 nitrogen and oxygen atoms in total. The average Bonchev–Trinajstić information content (AvgIpc) is 2.55. The summed E-state index contributed by atoms with van der Waals surface area (Å²) in [5, 5.41) is 10.6. The second-order valence-corrected chi connectivity index (χ2v) is 8.81. The summed E-state index contributed by atoms with van der Waals surface area (Å²) in [6, 6.07) is 4.87. The summed E-state index contributed by atoms with van der Waals surface area (Å²) in [6.07, 6.45) is 4.16. The summed E-state index contributed by atoms with van der Waals surface area (Å²) < 4.78 is 25.2. The number of sulfone groups is 1. The number of nitro benzene ring substituents is 1. The van der Waals surface area contributed by atoms with E-state index in [1.54, 1.807) is 0 Å². The van der Waals surface area contributed by atoms with Gasteiger partial charge in [-0.05, 0) is 37.1 Å². The van der Waals surface area contributed by atoms with Gasteiger partial charge in [-0.15, -0.1) is 0 Å². The molecular weight excluding hydrogens is 350 g/mol. The molecule has 0 N–H and O–H groups in total. The molecule has 0 fully saturated rings. The van der Waals surface area contributed by atoms with E-state index < -0.39 is 14.8 Å². The maximum absolute atomic E-state index is 12.6. The number of nitrogens with zero attached hydrogens (tertiary/aromatic N) is 1. The molecule has 24 heavy (non-hydrogen) atoms. The number of allylic oxidation sites excluding steroid dienone is 1. The second-order valence-electron chi connectivity index (χ2n) is 5.54. The number of hydrogen-bond acceptors (Lipinski definition) is 6. The smallest absolute Gasteiger partial charge is 0.269 e. The van der Waals surface area contributed by atoms with Crippen LogP contribution in [0.15, 0.2) is 40.8 Å². The Hall–Kier alpha value is -1.67. The van der Waals surface area contributed by atoms with Gasteiger partial charge in [-0.1, -0.05) is 24.8 Å². The maximum atomic E-state index is 12.6. The van der Waals surface area contributed by atoms with Crippen LogP contribution >= 0.6 is 11.8 Å². The van der Waals surface area contributed by atoms with Crippen LogP contribution in [0, 0.1) is 16.0 Å². The van der Waals surface area contributed by atoms with E-state index in [9.17, 15) is 23.3 Å². The SMILES string of the molecule is CCSC(=O)C1=CCCCC1CS(=O)(=O)c1ccc([N+](=O)[O-])cc1. The van der Waals surface area contributed by atoms with Gasteiger partial charge >= 0.3 is 0 Å². The van der Waals surface area contributed by atoms with Gasteiger partial charge in [-0.3, -0.25) is 14.9 Å². The second kappa shape index (κ2) is 7.94. The van der Waals surface area contributed by atoms with E-state index in [2.05, 4.69) is 0 Å². The van der Waals surface area contributed by atoms with Gasteiger partial charge in [0, 0.05) is 23.6 Å². The minimum absolute atomic E-state index is 0.0496. The summed E-state index contributed by atoms with van der Waals surface area (Å²) in [6.45, 7) is 1.88. The normalized spacial score (nSPS) is 18.0. The van der Waals surface area contributed by atoms with Crippen LogP contribution < -0.4 is 0 Å². The predicted octanol–water partition coefficient (Wildman–Crippen LogP) is 3.37. The molecule has 1 aromatic carbocycles. The van der Waals surface area contributed by atoms with Crippen LogP contribution in [0.4, 0.5) is 5.69 Å². The van der Waals surface area contributed by atoms with E-state index in [0.29, 0.717) is 17.7 Å². The lowest BCUT2D eigenvalue weighted by atomic mass is 9.90. The molecule has 1 aromatic rings. The third-order valence-electron chi connectivity index (χ3n) is 3.90. The van der Waals surface area contributed by atoms with Crippen molar-refractivity contribution >= 4 is 32.4 Å². The lowest BCUT2D eigenvalue weighted by Gasteiger charge is -2.23. The fourth-order valence-electron chi connectivity index (χ4n) is 2.72. The van der Waals surface area contributed by atoms with Gasteiger partial charge in [0.1, 0.15) is 0 Å². The maximum Gasteiger partial charge on any atom is 0.269 e. The predicted molar refractivity (Wildman–Crippen MR) is 93.7 cm³/mol. The van der Waals surface area contributed by atoms with Crippen LogP contribution in [0.25, 0.3) is 0 Å². The van der Waals surface area contributed by atoms with E-state index in [1.165, 1.54) is 36.0 Å². The van der Waals surface area contributed by atoms with Crippen LogP contribution in [-0.4, -0.2) is 30.0 Å². The first kappa shape index (κ1) is 18.7. The highest BCUT2D eigenvalue weighted by atomic mass is 32.2. The molecule has 0 saturated heterocycles. The van der Waals surface area contributed by atoms with Crippen LogP contribution in [0.3, 0.4) is 0 Å². The summed E-state index contributed by atoms with van der Waals surface area (Å²) in [7, 11) is -3.61. The molecule has 1 aliphatic rings. The third kappa shape index (κ3) is 4.45. The van der Waals surface area contributed by atoms with E-state index in [-0.39, 0.29) is 27.4 Å². The lowest BCUT2D eigenvalue weighted by Crippen LogP contribution is -2.23. The van der Waals surface area contributed by atoms with Crippen molar-refractivity contribution in [3.8, 4) is 0 Å². The molecule has 1 atom stereocenters. The van der Waals surface area contributed by atoms with Crippen molar-refractivity contribution in [1.29, 1.82) is 0 Å². The average molecular weight is 369 g/mol. The fourth-order valence-corrected chi connectivity index (χ4v) is 5.02. The molecule has 1 unspecified atom stereocenters. The van der Waals surface area contributed by atoms with Gasteiger partial charge in [0.25, 0.3) is 5.69 Å². The van der Waals surface area contributed by atoms with Crippen molar-refractivity contribution in [3.63, 3.8) is 0 Å². The van der Waals surface area contributed by atoms with Crippen LogP contribution in [0.5, 0.6) is 0 Å². The molecule has 0 radical (unpaired) electrons. The lowest BCUT2D eigenvalue weighted by molar-refractivity contribution is -0.384. The zero-order chi connectivity index (χ0) is 17.7. The zero-order valence-corrected chi connectivity index (χ0v) is 14.9. The Kier molecular flexibility index (Phi) is 6.17. The number of nitro groups is 1. The zero-order valence-electron chi connectivity index (χ0n) is 13.3. The van der Waals surface area contributed by atoms with Crippen LogP contribution in [0.2, 0.25) is 0 Å². The van der Waals surface area contributed by atoms with Crippen molar-refractivity contribution in [2.24, 2.45) is 5.92 Å². The molecule has 0 bridgehead atoms. The largest absolute Gasteiger partial charge is 0.282 e. The van der Waals surface area contributed by atoms with Crippen molar-refractivity contribution in [1.82, 2.24) is 0 Å². The molecule has 0 saturated carbocycles. The van der Waals surface area contributed by atoms with Gasteiger partial charge in [0.15, 0.2) is 9.84 Å². The highest BCUT2D eigenvalue weighted by Gasteiger charge is 2.29. The van der Waals surface area contributed by atoms with Crippen molar-refractivity contribution < 1.29 is 18.1 Å². The highest BCUT2D eigenvalue weighted by molar-refractivity contribution is 8.14. The first-order valence-corrected chi connectivity index (χ1v) is 10.3. The Morgan fingerprint density at radius 3 is 2.58 bits per heavy atom. The molecular formula is C16H19NO5S2. The number of hydrogen-bond donors (Lipinski definition) is 0. The molecule has 2 rings (SSSR count). The Morgan fingerprint density at radius 2 is 2.00 bits per heavy atom. The first-order chi connectivity index (χ1) is 11.3. The Balaban J connectivity index is 2.20. The molecule has 0 aromatic heterocycles. The monoisotopic (exact) mass is 369 g/mol. The van der Waals surface area contributed by atoms with Crippen molar-refractivity contribution in [3.05, 3.63) is 46.0 Å². The molecule has 0 amide bonds. The minimum Gasteiger partial charge on any atom is -0.282 e. The Labute approximate surface area is 145 Å². The number of rotatable bonds is 6. The molecule has 1 aliphatic carbocycles. The summed E-state index contributed by atoms with van der Waals surface area (Å²) >= 11 is 1.19. The summed E-state index contributed by atoms with van der Waals surface area (Å²) in [4.78, 5) is 22.3. The quantitative estimate of drug-likeness (QED) is 0.563. The topological polar surface area (TPSA) is 94.3 Å². The van der Waals surface area contributed by atoms with Crippen molar-refractivity contribution in [2.45, 2.75) is 31.1 Å². The summed E-state index contributed by atoms with van der Waals surface area (Å²) in [5.74, 6) is 0.190. The highest BCUT2D eigenvalue weighted by Crippen LogP contribution is 2.31. The number of carbonyl (C=O) groups is 1. The standard InChI is InChI=1S/C16H19NO5S2/c1-2-23-16(18)15-6-4-3-5-12(15)11-24(21,22)14-9-7-13(8-10-14)17(19)20/h6-10,12H,2-5,11H2,1H3. The summed E-state index contributed by atoms with van der Waals surface area (Å²) in [5.41, 5.74) is 0.445. The van der Waals surface area contributed by atoms with Crippen LogP contribution in [-0.2, 0) is 14.6 Å². The number of thioether (sulfide) groups is 1. The van der Waals surface area contributed by atoms with E-state index >= 15 is 0 Å². The molecule has 0 aliphatic heterocycles. The molecule has 8 heteroatoms. The van der Waals surface area contributed by atoms with E-state index in [0.717, 1.165) is 12.8 Å². The van der Waals surface area contributed by atoms with Crippen LogP contribution in [0.1, 0.15) is 26.2 Å². The third-order valence-corrected chi connectivity index (χ3v) is 6.52. The Bertz CT molecular complexity index is 753. The van der Waals surface area contributed by atoms with Gasteiger partial charge < -0.3 is 0 Å². The fraction of sp³-hybridized carbons (Fsp3) is 0.438. The number of benzene rings is 1. The Morgan fingerprint density at radius 1 is 1.33 bits per heavy atom. The first-order valence-electron chi connectivity index (χ1n) is 7.69. The minimum atomic E-state index is -3.61. The van der Waals surface area contributed by atoms with Crippen molar-refractivity contribution in [2.75, 3.05) is 11.5 Å². The van der Waals surface area contributed by atoms with Gasteiger partial charge in [-0.2, -0.15) is 0 Å². The molecule has 0 heterocycles. The number of carbonyl (C=O) groups excluding carboxylic acids is 1. The van der Waals surface area contributed by atoms with Gasteiger partial charge in [0.2, 0.25) is 5.12 Å². The van der Waals surface area contributed by atoms with E-state index in [1.807, 2.05) is 13.0 Å². The molecule has 130 valence electrons. The van der Waals surface area contributed by atoms with Gasteiger partial charge in [-0.25, -0.2) is 8.42 Å².